The number of hydrogen-bond acceptors (Lipinski definition) is 3. The van der Waals surface area contributed by atoms with Gasteiger partial charge in [0.05, 0.1) is 5.75 Å². The Morgan fingerprint density at radius 3 is 2.23 bits per heavy atom. The fourth-order valence-corrected chi connectivity index (χ4v) is 4.46. The molecule has 2 amide bonds. The van der Waals surface area contributed by atoms with Gasteiger partial charge in [0.15, 0.2) is 0 Å². The first kappa shape index (κ1) is 24.6. The molecule has 0 fully saturated rings. The Morgan fingerprint density at radius 1 is 1.00 bits per heavy atom. The van der Waals surface area contributed by atoms with Crippen LogP contribution in [0.2, 0.25) is 10.0 Å². The second kappa shape index (κ2) is 12.2. The Morgan fingerprint density at radius 2 is 1.63 bits per heavy atom. The Balaban J connectivity index is 2.06. The predicted octanol–water partition coefficient (Wildman–Crippen LogP) is 5.42. The molecule has 0 saturated heterocycles. The zero-order chi connectivity index (χ0) is 22.1. The highest BCUT2D eigenvalue weighted by Gasteiger charge is 2.26. The van der Waals surface area contributed by atoms with Crippen molar-refractivity contribution < 1.29 is 9.59 Å². The highest BCUT2D eigenvalue weighted by molar-refractivity contribution is 7.99. The standard InChI is InChI=1S/C23H28Cl2N2O2S/c1-16(2)12-26-23(29)17(3)27(13-18-8-5-4-6-9-18)22(28)15-30-14-19-20(24)10-7-11-21(19)25/h4-11,16-17H,12-15H2,1-3H3,(H,26,29). The SMILES string of the molecule is CC(C)CNC(=O)C(C)N(Cc1ccccc1)C(=O)CSCc1c(Cl)cccc1Cl. The van der Waals surface area contributed by atoms with Gasteiger partial charge in [0.2, 0.25) is 11.8 Å². The van der Waals surface area contributed by atoms with E-state index in [1.807, 2.05) is 44.2 Å². The van der Waals surface area contributed by atoms with Crippen LogP contribution in [0.1, 0.15) is 31.9 Å². The van der Waals surface area contributed by atoms with Gasteiger partial charge in [0, 0.05) is 28.9 Å². The molecule has 1 atom stereocenters. The van der Waals surface area contributed by atoms with Crippen LogP contribution in [0.3, 0.4) is 0 Å². The van der Waals surface area contributed by atoms with Crippen molar-refractivity contribution >= 4 is 46.8 Å². The number of benzene rings is 2. The van der Waals surface area contributed by atoms with Gasteiger partial charge in [-0.25, -0.2) is 0 Å². The Kier molecular flexibility index (Phi) is 10.0. The van der Waals surface area contributed by atoms with Gasteiger partial charge >= 0.3 is 0 Å². The molecule has 1 unspecified atom stereocenters. The van der Waals surface area contributed by atoms with Crippen LogP contribution >= 0.6 is 35.0 Å². The van der Waals surface area contributed by atoms with Gasteiger partial charge in [-0.05, 0) is 36.1 Å². The van der Waals surface area contributed by atoms with Crippen molar-refractivity contribution in [2.24, 2.45) is 5.92 Å². The maximum absolute atomic E-state index is 13.1. The monoisotopic (exact) mass is 466 g/mol. The molecular weight excluding hydrogens is 439 g/mol. The molecule has 0 aliphatic rings. The van der Waals surface area contributed by atoms with Crippen molar-refractivity contribution in [2.45, 2.75) is 39.1 Å². The molecular formula is C23H28Cl2N2O2S. The number of halogens is 2. The Hall–Kier alpha value is -1.69. The van der Waals surface area contributed by atoms with Crippen molar-refractivity contribution in [1.82, 2.24) is 10.2 Å². The van der Waals surface area contributed by atoms with Gasteiger partial charge in [-0.1, -0.05) is 73.4 Å². The van der Waals surface area contributed by atoms with Crippen LogP contribution in [0.25, 0.3) is 0 Å². The Labute approximate surface area is 193 Å². The van der Waals surface area contributed by atoms with E-state index >= 15 is 0 Å². The van der Waals surface area contributed by atoms with Crippen LogP contribution in [0.5, 0.6) is 0 Å². The number of amides is 2. The van der Waals surface area contributed by atoms with Crippen molar-refractivity contribution in [2.75, 3.05) is 12.3 Å². The highest BCUT2D eigenvalue weighted by atomic mass is 35.5. The largest absolute Gasteiger partial charge is 0.354 e. The van der Waals surface area contributed by atoms with Gasteiger partial charge < -0.3 is 10.2 Å². The fourth-order valence-electron chi connectivity index (χ4n) is 2.81. The fraction of sp³-hybridized carbons (Fsp3) is 0.391. The summed E-state index contributed by atoms with van der Waals surface area (Å²) in [4.78, 5) is 27.3. The summed E-state index contributed by atoms with van der Waals surface area (Å²) >= 11 is 13.9. The maximum Gasteiger partial charge on any atom is 0.242 e. The maximum atomic E-state index is 13.1. The smallest absolute Gasteiger partial charge is 0.242 e. The van der Waals surface area contributed by atoms with E-state index in [2.05, 4.69) is 5.32 Å². The summed E-state index contributed by atoms with van der Waals surface area (Å²) in [6, 6.07) is 14.5. The first-order chi connectivity index (χ1) is 14.3. The summed E-state index contributed by atoms with van der Waals surface area (Å²) < 4.78 is 0. The second-order valence-electron chi connectivity index (χ2n) is 7.52. The first-order valence-electron chi connectivity index (χ1n) is 9.91. The minimum atomic E-state index is -0.569. The predicted molar refractivity (Wildman–Crippen MR) is 127 cm³/mol. The number of carbonyl (C=O) groups is 2. The summed E-state index contributed by atoms with van der Waals surface area (Å²) in [5.41, 5.74) is 1.80. The Bertz CT molecular complexity index is 826. The number of nitrogens with one attached hydrogen (secondary N) is 1. The van der Waals surface area contributed by atoms with E-state index in [4.69, 9.17) is 23.2 Å². The molecule has 0 heterocycles. The second-order valence-corrected chi connectivity index (χ2v) is 9.32. The number of hydrogen-bond donors (Lipinski definition) is 1. The van der Waals surface area contributed by atoms with Crippen molar-refractivity contribution in [3.05, 3.63) is 69.7 Å². The van der Waals surface area contributed by atoms with E-state index in [0.29, 0.717) is 34.8 Å². The lowest BCUT2D eigenvalue weighted by Gasteiger charge is -2.29. The van der Waals surface area contributed by atoms with Crippen molar-refractivity contribution in [3.63, 3.8) is 0 Å². The number of carbonyl (C=O) groups excluding carboxylic acids is 2. The molecule has 1 N–H and O–H groups in total. The van der Waals surface area contributed by atoms with Gasteiger partial charge in [0.25, 0.3) is 0 Å². The lowest BCUT2D eigenvalue weighted by Crippen LogP contribution is -2.48. The van der Waals surface area contributed by atoms with E-state index in [0.717, 1.165) is 11.1 Å². The highest BCUT2D eigenvalue weighted by Crippen LogP contribution is 2.28. The summed E-state index contributed by atoms with van der Waals surface area (Å²) in [5.74, 6) is 0.856. The molecule has 0 aliphatic heterocycles. The zero-order valence-corrected chi connectivity index (χ0v) is 19.9. The first-order valence-corrected chi connectivity index (χ1v) is 11.8. The molecule has 30 heavy (non-hydrogen) atoms. The number of thioether (sulfide) groups is 1. The summed E-state index contributed by atoms with van der Waals surface area (Å²) in [6.07, 6.45) is 0. The molecule has 2 aromatic carbocycles. The average molecular weight is 467 g/mol. The van der Waals surface area contributed by atoms with Crippen molar-refractivity contribution in [1.29, 1.82) is 0 Å². The third-order valence-electron chi connectivity index (χ3n) is 4.58. The van der Waals surface area contributed by atoms with Crippen LogP contribution < -0.4 is 5.32 Å². The third kappa shape index (κ3) is 7.53. The average Bonchev–Trinajstić information content (AvgIpc) is 2.72. The topological polar surface area (TPSA) is 49.4 Å². The molecule has 2 aromatic rings. The van der Waals surface area contributed by atoms with E-state index in [1.165, 1.54) is 11.8 Å². The minimum absolute atomic E-state index is 0.0979. The minimum Gasteiger partial charge on any atom is -0.354 e. The third-order valence-corrected chi connectivity index (χ3v) is 6.23. The molecule has 0 aromatic heterocycles. The molecule has 2 rings (SSSR count). The van der Waals surface area contributed by atoms with E-state index < -0.39 is 6.04 Å². The molecule has 162 valence electrons. The van der Waals surface area contributed by atoms with Crippen LogP contribution in [-0.4, -0.2) is 35.1 Å². The molecule has 0 saturated carbocycles. The lowest BCUT2D eigenvalue weighted by molar-refractivity contribution is -0.138. The summed E-state index contributed by atoms with van der Waals surface area (Å²) in [6.45, 7) is 6.80. The molecule has 0 bridgehead atoms. The summed E-state index contributed by atoms with van der Waals surface area (Å²) in [7, 11) is 0. The molecule has 7 heteroatoms. The lowest BCUT2D eigenvalue weighted by atomic mass is 10.1. The normalized spacial score (nSPS) is 11.9. The van der Waals surface area contributed by atoms with Gasteiger partial charge in [-0.15, -0.1) is 11.8 Å². The van der Waals surface area contributed by atoms with Gasteiger partial charge in [-0.3, -0.25) is 9.59 Å². The van der Waals surface area contributed by atoms with E-state index in [9.17, 15) is 9.59 Å². The quantitative estimate of drug-likeness (QED) is 0.508. The zero-order valence-electron chi connectivity index (χ0n) is 17.5. The number of rotatable bonds is 10. The van der Waals surface area contributed by atoms with Crippen LogP contribution in [0.4, 0.5) is 0 Å². The molecule has 0 radical (unpaired) electrons. The van der Waals surface area contributed by atoms with E-state index in [1.54, 1.807) is 30.0 Å². The molecule has 4 nitrogen and oxygen atoms in total. The van der Waals surface area contributed by atoms with Crippen LogP contribution in [-0.2, 0) is 21.9 Å². The molecule has 0 aliphatic carbocycles. The van der Waals surface area contributed by atoms with Crippen LogP contribution in [0, 0.1) is 5.92 Å². The van der Waals surface area contributed by atoms with Gasteiger partial charge in [0.1, 0.15) is 6.04 Å². The summed E-state index contributed by atoms with van der Waals surface area (Å²) in [5, 5.41) is 4.10. The van der Waals surface area contributed by atoms with E-state index in [-0.39, 0.29) is 17.6 Å². The van der Waals surface area contributed by atoms with Crippen molar-refractivity contribution in [3.8, 4) is 0 Å². The van der Waals surface area contributed by atoms with Gasteiger partial charge in [-0.2, -0.15) is 0 Å². The van der Waals surface area contributed by atoms with Crippen LogP contribution in [0.15, 0.2) is 48.5 Å². The number of nitrogens with zero attached hydrogens (tertiary/aromatic N) is 1. The molecule has 0 spiro atoms.